The first-order valence-corrected chi connectivity index (χ1v) is 7.69. The van der Waals surface area contributed by atoms with E-state index in [1.54, 1.807) is 6.07 Å². The average Bonchev–Trinajstić information content (AvgIpc) is 2.52. The lowest BCUT2D eigenvalue weighted by Crippen LogP contribution is -2.45. The van der Waals surface area contributed by atoms with Gasteiger partial charge in [-0.15, -0.1) is 0 Å². The van der Waals surface area contributed by atoms with Gasteiger partial charge in [0.05, 0.1) is 16.1 Å². The Hall–Kier alpha value is -0.770. The van der Waals surface area contributed by atoms with Crippen molar-refractivity contribution >= 4 is 29.1 Å². The van der Waals surface area contributed by atoms with Gasteiger partial charge in [-0.3, -0.25) is 4.79 Å². The van der Waals surface area contributed by atoms with Crippen molar-refractivity contribution in [2.24, 2.45) is 5.73 Å². The summed E-state index contributed by atoms with van der Waals surface area (Å²) in [5.41, 5.74) is 7.17. The molecule has 1 aromatic rings. The first-order valence-electron chi connectivity index (χ1n) is 6.94. The van der Waals surface area contributed by atoms with Crippen molar-refractivity contribution in [1.29, 1.82) is 0 Å². The zero-order valence-corrected chi connectivity index (χ0v) is 13.3. The van der Waals surface area contributed by atoms with Gasteiger partial charge in [-0.2, -0.15) is 0 Å². The van der Waals surface area contributed by atoms with E-state index in [4.69, 9.17) is 28.9 Å². The van der Waals surface area contributed by atoms with Crippen molar-refractivity contribution in [2.45, 2.75) is 51.2 Å². The van der Waals surface area contributed by atoms with Crippen LogP contribution in [0, 0.1) is 0 Å². The predicted octanol–water partition coefficient (Wildman–Crippen LogP) is 3.78. The van der Waals surface area contributed by atoms with Gasteiger partial charge >= 0.3 is 0 Å². The summed E-state index contributed by atoms with van der Waals surface area (Å²) >= 11 is 12.4. The number of hydrogen-bond donors (Lipinski definition) is 1. The molecule has 5 heteroatoms. The smallest absolute Gasteiger partial charge is 0.223 e. The predicted molar refractivity (Wildman–Crippen MR) is 83.0 cm³/mol. The molecule has 0 bridgehead atoms. The molecule has 110 valence electrons. The summed E-state index contributed by atoms with van der Waals surface area (Å²) in [6.07, 6.45) is 2.17. The number of carbonyl (C=O) groups is 1. The highest BCUT2D eigenvalue weighted by Crippen LogP contribution is 2.38. The zero-order valence-electron chi connectivity index (χ0n) is 11.8. The number of amides is 1. The molecule has 0 aromatic heterocycles. The van der Waals surface area contributed by atoms with E-state index < -0.39 is 0 Å². The van der Waals surface area contributed by atoms with E-state index in [1.165, 1.54) is 0 Å². The van der Waals surface area contributed by atoms with Gasteiger partial charge in [-0.25, -0.2) is 0 Å². The van der Waals surface area contributed by atoms with E-state index in [1.807, 2.05) is 30.9 Å². The van der Waals surface area contributed by atoms with Crippen molar-refractivity contribution in [3.05, 3.63) is 33.8 Å². The van der Waals surface area contributed by atoms with Gasteiger partial charge in [0.25, 0.3) is 0 Å². The van der Waals surface area contributed by atoms with Crippen molar-refractivity contribution in [3.63, 3.8) is 0 Å². The van der Waals surface area contributed by atoms with Crippen LogP contribution in [-0.2, 0) is 4.79 Å². The van der Waals surface area contributed by atoms with Gasteiger partial charge in [-0.05, 0) is 38.3 Å². The van der Waals surface area contributed by atoms with Gasteiger partial charge < -0.3 is 10.6 Å². The third-order valence-electron chi connectivity index (χ3n) is 3.78. The van der Waals surface area contributed by atoms with Gasteiger partial charge in [0.2, 0.25) is 5.91 Å². The van der Waals surface area contributed by atoms with E-state index >= 15 is 0 Å². The molecular formula is C15H20Cl2N2O. The van der Waals surface area contributed by atoms with Crippen molar-refractivity contribution < 1.29 is 4.79 Å². The Morgan fingerprint density at radius 1 is 1.35 bits per heavy atom. The molecule has 1 saturated heterocycles. The summed E-state index contributed by atoms with van der Waals surface area (Å²) in [7, 11) is 0. The highest BCUT2D eigenvalue weighted by molar-refractivity contribution is 6.42. The maximum atomic E-state index is 12.4. The summed E-state index contributed by atoms with van der Waals surface area (Å²) in [5.74, 6) is 0.133. The van der Waals surface area contributed by atoms with Crippen LogP contribution >= 0.6 is 23.2 Å². The molecule has 2 rings (SSSR count). The van der Waals surface area contributed by atoms with E-state index in [-0.39, 0.29) is 24.0 Å². The number of benzene rings is 1. The maximum absolute atomic E-state index is 12.4. The molecule has 1 aromatic carbocycles. The highest BCUT2D eigenvalue weighted by Gasteiger charge is 2.35. The fourth-order valence-electron chi connectivity index (χ4n) is 2.88. The normalized spacial score (nSPS) is 24.1. The zero-order chi connectivity index (χ0) is 14.9. The average molecular weight is 315 g/mol. The van der Waals surface area contributed by atoms with Crippen molar-refractivity contribution in [1.82, 2.24) is 4.90 Å². The van der Waals surface area contributed by atoms with Crippen LogP contribution in [0.25, 0.3) is 0 Å². The Bertz CT molecular complexity index is 505. The van der Waals surface area contributed by atoms with Gasteiger partial charge in [0, 0.05) is 18.5 Å². The summed E-state index contributed by atoms with van der Waals surface area (Å²) in [6, 6.07) is 5.25. The molecule has 1 aliphatic heterocycles. The summed E-state index contributed by atoms with van der Waals surface area (Å²) in [5, 5.41) is 0.992. The Morgan fingerprint density at radius 2 is 2.05 bits per heavy atom. The number of halogens is 2. The molecule has 1 fully saturated rings. The number of nitrogens with zero attached hydrogens (tertiary/aromatic N) is 1. The topological polar surface area (TPSA) is 46.3 Å². The number of nitrogens with two attached hydrogens (primary N) is 1. The first kappa shape index (κ1) is 15.6. The van der Waals surface area contributed by atoms with E-state index in [9.17, 15) is 4.79 Å². The molecule has 0 saturated carbocycles. The molecule has 2 unspecified atom stereocenters. The quantitative estimate of drug-likeness (QED) is 0.903. The Balaban J connectivity index is 2.52. The number of carbonyl (C=O) groups excluding carboxylic acids is 1. The second-order valence-corrected chi connectivity index (χ2v) is 6.32. The lowest BCUT2D eigenvalue weighted by Gasteiger charge is -2.37. The fourth-order valence-corrected chi connectivity index (χ4v) is 3.30. The van der Waals surface area contributed by atoms with Crippen LogP contribution in [0.15, 0.2) is 18.2 Å². The van der Waals surface area contributed by atoms with E-state index in [0.717, 1.165) is 18.4 Å². The first-order chi connectivity index (χ1) is 9.43. The minimum atomic E-state index is -0.212. The summed E-state index contributed by atoms with van der Waals surface area (Å²) < 4.78 is 0. The van der Waals surface area contributed by atoms with Crippen LogP contribution in [-0.4, -0.2) is 22.9 Å². The molecule has 2 atom stereocenters. The van der Waals surface area contributed by atoms with Crippen LogP contribution in [0.1, 0.15) is 44.7 Å². The number of likely N-dealkylation sites (tertiary alicyclic amines) is 1. The summed E-state index contributed by atoms with van der Waals surface area (Å²) in [6.45, 7) is 4.00. The van der Waals surface area contributed by atoms with Crippen molar-refractivity contribution in [2.75, 3.05) is 0 Å². The second kappa shape index (κ2) is 6.33. The van der Waals surface area contributed by atoms with E-state index in [2.05, 4.69) is 0 Å². The molecular weight excluding hydrogens is 295 g/mol. The minimum Gasteiger partial charge on any atom is -0.332 e. The third kappa shape index (κ3) is 2.95. The van der Waals surface area contributed by atoms with Crippen LogP contribution < -0.4 is 5.73 Å². The Kier molecular flexibility index (Phi) is 4.95. The lowest BCUT2D eigenvalue weighted by molar-refractivity contribution is -0.135. The summed E-state index contributed by atoms with van der Waals surface area (Å²) in [4.78, 5) is 14.2. The van der Waals surface area contributed by atoms with Gasteiger partial charge in [0.15, 0.2) is 0 Å². The molecule has 0 aliphatic carbocycles. The third-order valence-corrected chi connectivity index (χ3v) is 4.61. The molecule has 3 nitrogen and oxygen atoms in total. The van der Waals surface area contributed by atoms with E-state index in [0.29, 0.717) is 16.5 Å². The molecule has 20 heavy (non-hydrogen) atoms. The fraction of sp³-hybridized carbons (Fsp3) is 0.533. The SMILES string of the molecule is CC(C)N1C(=O)CCCC(N)C1c1cccc(Cl)c1Cl. The standard InChI is InChI=1S/C15H20Cl2N2O/c1-9(2)19-13(20)8-4-7-12(18)15(19)10-5-3-6-11(16)14(10)17/h3,5-6,9,12,15H,4,7-8,18H2,1-2H3. The second-order valence-electron chi connectivity index (χ2n) is 5.54. The Morgan fingerprint density at radius 3 is 2.70 bits per heavy atom. The molecule has 0 spiro atoms. The largest absolute Gasteiger partial charge is 0.332 e. The van der Waals surface area contributed by atoms with Gasteiger partial charge in [0.1, 0.15) is 0 Å². The minimum absolute atomic E-state index is 0.0756. The van der Waals surface area contributed by atoms with Crippen LogP contribution in [0.3, 0.4) is 0 Å². The Labute approximate surface area is 130 Å². The molecule has 2 N–H and O–H groups in total. The lowest BCUT2D eigenvalue weighted by atomic mass is 9.95. The number of rotatable bonds is 2. The number of hydrogen-bond acceptors (Lipinski definition) is 2. The highest BCUT2D eigenvalue weighted by atomic mass is 35.5. The van der Waals surface area contributed by atoms with Crippen molar-refractivity contribution in [3.8, 4) is 0 Å². The van der Waals surface area contributed by atoms with Crippen LogP contribution in [0.4, 0.5) is 0 Å². The van der Waals surface area contributed by atoms with Gasteiger partial charge in [-0.1, -0.05) is 35.3 Å². The monoisotopic (exact) mass is 314 g/mol. The molecule has 1 amide bonds. The van der Waals surface area contributed by atoms with Crippen LogP contribution in [0.2, 0.25) is 10.0 Å². The molecule has 1 heterocycles. The molecule has 1 aliphatic rings. The maximum Gasteiger partial charge on any atom is 0.223 e. The molecule has 0 radical (unpaired) electrons. The van der Waals surface area contributed by atoms with Crippen LogP contribution in [0.5, 0.6) is 0 Å².